The molecule has 0 radical (unpaired) electrons. The van der Waals surface area contributed by atoms with E-state index in [2.05, 4.69) is 21.2 Å². The van der Waals surface area contributed by atoms with Crippen LogP contribution in [-0.4, -0.2) is 24.0 Å². The summed E-state index contributed by atoms with van der Waals surface area (Å²) in [5, 5.41) is 2.61. The number of nitrogens with zero attached hydrogens (tertiary/aromatic N) is 1. The minimum Gasteiger partial charge on any atom is -0.497 e. The number of hydrogen-bond donors (Lipinski definition) is 1. The van der Waals surface area contributed by atoms with Crippen molar-refractivity contribution in [1.29, 1.82) is 0 Å². The molecule has 5 nitrogen and oxygen atoms in total. The highest BCUT2D eigenvalue weighted by molar-refractivity contribution is 9.10. The number of carbonyl (C=O) groups is 2. The molecule has 2 amide bonds. The van der Waals surface area contributed by atoms with Crippen molar-refractivity contribution in [1.82, 2.24) is 5.32 Å². The predicted octanol–water partition coefficient (Wildman–Crippen LogP) is 3.29. The molecule has 0 atom stereocenters. The molecule has 0 unspecified atom stereocenters. The monoisotopic (exact) mass is 416 g/mol. The smallest absolute Gasteiger partial charge is 0.270 e. The summed E-state index contributed by atoms with van der Waals surface area (Å²) < 4.78 is 6.04. The fourth-order valence-corrected chi connectivity index (χ4v) is 2.93. The quantitative estimate of drug-likeness (QED) is 0.473. The lowest BCUT2D eigenvalue weighted by Gasteiger charge is -2.29. The second kappa shape index (κ2) is 7.16. The van der Waals surface area contributed by atoms with Crippen LogP contribution in [0, 0.1) is 0 Å². The first-order valence-electron chi connectivity index (χ1n) is 7.30. The van der Waals surface area contributed by atoms with Gasteiger partial charge >= 0.3 is 0 Å². The molecular formula is C18H13BrN2O3S. The Morgan fingerprint density at radius 1 is 1.16 bits per heavy atom. The summed E-state index contributed by atoms with van der Waals surface area (Å²) in [5.74, 6) is -0.358. The number of nitrogens with one attached hydrogen (secondary N) is 1. The summed E-state index contributed by atoms with van der Waals surface area (Å²) in [6.45, 7) is 0. The van der Waals surface area contributed by atoms with E-state index < -0.39 is 11.8 Å². The highest BCUT2D eigenvalue weighted by Crippen LogP contribution is 2.24. The molecule has 1 saturated heterocycles. The summed E-state index contributed by atoms with van der Waals surface area (Å²) in [7, 11) is 1.55. The maximum atomic E-state index is 12.9. The van der Waals surface area contributed by atoms with Crippen LogP contribution in [0.5, 0.6) is 5.75 Å². The standard InChI is InChI=1S/C18H13BrN2O3S/c1-24-14-4-2-3-11(9-14)10-15-16(22)20-18(25)21(17(15)23)13-7-5-12(19)6-8-13/h2-10H,1H3,(H,20,22,25). The van der Waals surface area contributed by atoms with Crippen molar-refractivity contribution in [3.8, 4) is 5.75 Å². The second-order valence-corrected chi connectivity index (χ2v) is 6.51. The highest BCUT2D eigenvalue weighted by atomic mass is 79.9. The molecule has 2 aromatic carbocycles. The van der Waals surface area contributed by atoms with Gasteiger partial charge in [-0.25, -0.2) is 0 Å². The third-order valence-electron chi connectivity index (χ3n) is 3.59. The zero-order valence-corrected chi connectivity index (χ0v) is 15.6. The van der Waals surface area contributed by atoms with E-state index >= 15 is 0 Å². The van der Waals surface area contributed by atoms with Gasteiger partial charge in [0.2, 0.25) is 0 Å². The summed E-state index contributed by atoms with van der Waals surface area (Å²) in [6, 6.07) is 14.2. The van der Waals surface area contributed by atoms with Crippen LogP contribution < -0.4 is 15.0 Å². The average Bonchev–Trinajstić information content (AvgIpc) is 2.60. The van der Waals surface area contributed by atoms with E-state index in [0.717, 1.165) is 4.47 Å². The van der Waals surface area contributed by atoms with E-state index in [0.29, 0.717) is 17.0 Å². The Kier molecular flexibility index (Phi) is 4.96. The molecule has 0 aliphatic carbocycles. The largest absolute Gasteiger partial charge is 0.497 e. The number of amides is 2. The molecule has 0 bridgehead atoms. The summed E-state index contributed by atoms with van der Waals surface area (Å²) >= 11 is 8.52. The van der Waals surface area contributed by atoms with Crippen LogP contribution in [0.2, 0.25) is 0 Å². The third kappa shape index (κ3) is 3.62. The van der Waals surface area contributed by atoms with Crippen molar-refractivity contribution in [3.05, 3.63) is 64.1 Å². The molecule has 3 rings (SSSR count). The second-order valence-electron chi connectivity index (χ2n) is 5.21. The maximum Gasteiger partial charge on any atom is 0.270 e. The number of hydrogen-bond acceptors (Lipinski definition) is 4. The van der Waals surface area contributed by atoms with Gasteiger partial charge in [-0.2, -0.15) is 0 Å². The van der Waals surface area contributed by atoms with Gasteiger partial charge in [0.25, 0.3) is 11.8 Å². The van der Waals surface area contributed by atoms with Gasteiger partial charge in [0.15, 0.2) is 5.11 Å². The lowest BCUT2D eigenvalue weighted by molar-refractivity contribution is -0.122. The van der Waals surface area contributed by atoms with Gasteiger partial charge in [0.1, 0.15) is 11.3 Å². The number of carbonyl (C=O) groups excluding carboxylic acids is 2. The van der Waals surface area contributed by atoms with Gasteiger partial charge in [-0.3, -0.25) is 19.8 Å². The number of methoxy groups -OCH3 is 1. The SMILES string of the molecule is COc1cccc(C=C2C(=O)NC(=S)N(c3ccc(Br)cc3)C2=O)c1. The molecule has 0 saturated carbocycles. The summed E-state index contributed by atoms with van der Waals surface area (Å²) in [5.41, 5.74) is 1.26. The molecule has 25 heavy (non-hydrogen) atoms. The molecule has 0 spiro atoms. The van der Waals surface area contributed by atoms with Crippen molar-refractivity contribution in [2.45, 2.75) is 0 Å². The molecule has 7 heteroatoms. The maximum absolute atomic E-state index is 12.9. The summed E-state index contributed by atoms with van der Waals surface area (Å²) in [6.07, 6.45) is 1.52. The average molecular weight is 417 g/mol. The van der Waals surface area contributed by atoms with Crippen molar-refractivity contribution in [2.75, 3.05) is 12.0 Å². The van der Waals surface area contributed by atoms with E-state index in [1.54, 1.807) is 55.6 Å². The van der Waals surface area contributed by atoms with Crippen molar-refractivity contribution in [2.24, 2.45) is 0 Å². The first kappa shape index (κ1) is 17.3. The van der Waals surface area contributed by atoms with Crippen LogP contribution in [0.25, 0.3) is 6.08 Å². The predicted molar refractivity (Wildman–Crippen MR) is 103 cm³/mol. The summed E-state index contributed by atoms with van der Waals surface area (Å²) in [4.78, 5) is 26.4. The van der Waals surface area contributed by atoms with Crippen LogP contribution in [0.15, 0.2) is 58.6 Å². The first-order chi connectivity index (χ1) is 12.0. The van der Waals surface area contributed by atoms with Gasteiger partial charge in [0, 0.05) is 4.47 Å². The van der Waals surface area contributed by atoms with Crippen molar-refractivity contribution < 1.29 is 14.3 Å². The Balaban J connectivity index is 2.00. The first-order valence-corrected chi connectivity index (χ1v) is 8.51. The Morgan fingerprint density at radius 2 is 1.88 bits per heavy atom. The van der Waals surface area contributed by atoms with Crippen LogP contribution in [-0.2, 0) is 9.59 Å². The van der Waals surface area contributed by atoms with Gasteiger partial charge in [-0.15, -0.1) is 0 Å². The molecule has 1 N–H and O–H groups in total. The lowest BCUT2D eigenvalue weighted by Crippen LogP contribution is -2.54. The fourth-order valence-electron chi connectivity index (χ4n) is 2.38. The lowest BCUT2D eigenvalue weighted by atomic mass is 10.1. The molecule has 2 aromatic rings. The molecule has 0 aromatic heterocycles. The Labute approximate surface area is 158 Å². The molecule has 1 heterocycles. The van der Waals surface area contributed by atoms with Crippen LogP contribution in [0.4, 0.5) is 5.69 Å². The van der Waals surface area contributed by atoms with Crippen LogP contribution in [0.1, 0.15) is 5.56 Å². The zero-order chi connectivity index (χ0) is 18.0. The van der Waals surface area contributed by atoms with E-state index in [4.69, 9.17) is 17.0 Å². The number of halogens is 1. The van der Waals surface area contributed by atoms with Gasteiger partial charge in [-0.05, 0) is 60.3 Å². The fraction of sp³-hybridized carbons (Fsp3) is 0.0556. The number of ether oxygens (including phenoxy) is 1. The highest BCUT2D eigenvalue weighted by Gasteiger charge is 2.34. The van der Waals surface area contributed by atoms with E-state index in [1.807, 2.05) is 0 Å². The van der Waals surface area contributed by atoms with Crippen LogP contribution in [0.3, 0.4) is 0 Å². The normalized spacial score (nSPS) is 16.2. The zero-order valence-electron chi connectivity index (χ0n) is 13.2. The number of thiocarbonyl (C=S) groups is 1. The Bertz CT molecular complexity index is 893. The molecular weight excluding hydrogens is 404 g/mol. The van der Waals surface area contributed by atoms with Gasteiger partial charge in [0.05, 0.1) is 12.8 Å². The molecule has 1 aliphatic rings. The van der Waals surface area contributed by atoms with E-state index in [1.165, 1.54) is 11.0 Å². The minimum absolute atomic E-state index is 0.00442. The van der Waals surface area contributed by atoms with Gasteiger partial charge < -0.3 is 4.74 Å². The third-order valence-corrected chi connectivity index (χ3v) is 4.40. The Hall–Kier alpha value is -2.51. The van der Waals surface area contributed by atoms with Crippen molar-refractivity contribution >= 4 is 56.8 Å². The molecule has 1 aliphatic heterocycles. The van der Waals surface area contributed by atoms with Crippen molar-refractivity contribution in [3.63, 3.8) is 0 Å². The number of benzene rings is 2. The Morgan fingerprint density at radius 3 is 2.56 bits per heavy atom. The van der Waals surface area contributed by atoms with E-state index in [9.17, 15) is 9.59 Å². The van der Waals surface area contributed by atoms with Crippen LogP contribution >= 0.6 is 28.1 Å². The topological polar surface area (TPSA) is 58.6 Å². The van der Waals surface area contributed by atoms with Gasteiger partial charge in [-0.1, -0.05) is 28.1 Å². The molecule has 126 valence electrons. The minimum atomic E-state index is -0.522. The number of rotatable bonds is 3. The van der Waals surface area contributed by atoms with E-state index in [-0.39, 0.29) is 10.7 Å². The number of anilines is 1. The molecule has 1 fully saturated rings.